The zero-order valence-electron chi connectivity index (χ0n) is 18.1. The number of nitrogens with zero attached hydrogens (tertiary/aromatic N) is 3. The molecule has 2 N–H and O–H groups in total. The van der Waals surface area contributed by atoms with Crippen LogP contribution in [0.5, 0.6) is 0 Å². The summed E-state index contributed by atoms with van der Waals surface area (Å²) in [4.78, 5) is 47.0. The Morgan fingerprint density at radius 2 is 1.84 bits per heavy atom. The molecule has 0 aliphatic carbocycles. The number of hydrogen-bond acceptors (Lipinski definition) is 5. The first kappa shape index (κ1) is 23.7. The number of alkyl halides is 1. The van der Waals surface area contributed by atoms with Crippen LogP contribution in [0.2, 0.25) is 0 Å². The van der Waals surface area contributed by atoms with Gasteiger partial charge in [-0.1, -0.05) is 15.9 Å². The Morgan fingerprint density at radius 1 is 1.19 bits per heavy atom. The average Bonchev–Trinajstić information content (AvgIpc) is 3.22. The minimum Gasteiger partial charge on any atom is -0.444 e. The van der Waals surface area contributed by atoms with Crippen LogP contribution in [0.4, 0.5) is 14.9 Å². The third-order valence-electron chi connectivity index (χ3n) is 4.66. The van der Waals surface area contributed by atoms with E-state index in [1.165, 1.54) is 28.1 Å². The van der Waals surface area contributed by atoms with E-state index in [1.807, 2.05) is 0 Å². The van der Waals surface area contributed by atoms with Crippen LogP contribution in [0.1, 0.15) is 47.4 Å². The van der Waals surface area contributed by atoms with Crippen molar-refractivity contribution in [2.24, 2.45) is 0 Å². The van der Waals surface area contributed by atoms with Crippen molar-refractivity contribution in [1.82, 2.24) is 19.8 Å². The molecule has 0 bridgehead atoms. The number of carbonyl (C=O) groups is 3. The number of benzene rings is 1. The van der Waals surface area contributed by atoms with Gasteiger partial charge in [-0.05, 0) is 39.0 Å². The van der Waals surface area contributed by atoms with E-state index in [1.54, 1.807) is 20.8 Å². The molecule has 0 saturated carbocycles. The van der Waals surface area contributed by atoms with Crippen molar-refractivity contribution in [2.75, 3.05) is 31.5 Å². The van der Waals surface area contributed by atoms with Gasteiger partial charge in [0.1, 0.15) is 11.4 Å². The van der Waals surface area contributed by atoms with Gasteiger partial charge in [0.2, 0.25) is 0 Å². The van der Waals surface area contributed by atoms with Crippen molar-refractivity contribution >= 4 is 39.5 Å². The van der Waals surface area contributed by atoms with Crippen LogP contribution < -0.4 is 5.32 Å². The Kier molecular flexibility index (Phi) is 7.17. The maximum atomic E-state index is 14.6. The fourth-order valence-electron chi connectivity index (χ4n) is 3.09. The van der Waals surface area contributed by atoms with Gasteiger partial charge in [-0.2, -0.15) is 0 Å². The Balaban J connectivity index is 1.59. The Hall–Kier alpha value is -2.95. The molecule has 0 atom stereocenters. The lowest BCUT2D eigenvalue weighted by Crippen LogP contribution is -2.51. The van der Waals surface area contributed by atoms with Gasteiger partial charge in [-0.15, -0.1) is 0 Å². The van der Waals surface area contributed by atoms with Gasteiger partial charge in [0.05, 0.1) is 5.56 Å². The number of aromatic nitrogens is 2. The molecule has 1 aliphatic rings. The summed E-state index contributed by atoms with van der Waals surface area (Å²) in [6, 6.07) is 3.88. The van der Waals surface area contributed by atoms with Crippen LogP contribution in [0.3, 0.4) is 0 Å². The van der Waals surface area contributed by atoms with Crippen LogP contribution in [-0.2, 0) is 10.1 Å². The zero-order valence-corrected chi connectivity index (χ0v) is 19.7. The predicted molar refractivity (Wildman–Crippen MR) is 119 cm³/mol. The molecule has 0 unspecified atom stereocenters. The second-order valence-corrected chi connectivity index (χ2v) is 8.86. The number of amides is 3. The first-order valence-corrected chi connectivity index (χ1v) is 11.2. The number of rotatable bonds is 4. The average molecular weight is 510 g/mol. The first-order valence-electron chi connectivity index (χ1n) is 10.1. The molecule has 2 aromatic rings. The van der Waals surface area contributed by atoms with Crippen molar-refractivity contribution in [3.63, 3.8) is 0 Å². The molecule has 32 heavy (non-hydrogen) atoms. The highest BCUT2D eigenvalue weighted by Gasteiger charge is 2.29. The van der Waals surface area contributed by atoms with Crippen LogP contribution in [0.25, 0.3) is 0 Å². The molecule has 3 rings (SSSR count). The summed E-state index contributed by atoms with van der Waals surface area (Å²) in [7, 11) is 0. The summed E-state index contributed by atoms with van der Waals surface area (Å²) in [6.07, 6.45) is 1.09. The minimum atomic E-state index is -0.747. The molecule has 11 heteroatoms. The number of hydrogen-bond donors (Lipinski definition) is 2. The molecule has 9 nitrogen and oxygen atoms in total. The molecule has 3 amide bonds. The van der Waals surface area contributed by atoms with E-state index in [0.29, 0.717) is 18.4 Å². The van der Waals surface area contributed by atoms with Gasteiger partial charge in [-0.3, -0.25) is 9.59 Å². The van der Waals surface area contributed by atoms with Crippen molar-refractivity contribution in [2.45, 2.75) is 31.7 Å². The molecule has 1 fully saturated rings. The molecule has 2 heterocycles. The van der Waals surface area contributed by atoms with E-state index in [4.69, 9.17) is 4.74 Å². The minimum absolute atomic E-state index is 0.0999. The smallest absolute Gasteiger partial charge is 0.410 e. The van der Waals surface area contributed by atoms with Gasteiger partial charge in [0.25, 0.3) is 11.8 Å². The summed E-state index contributed by atoms with van der Waals surface area (Å²) < 4.78 is 20.0. The topological polar surface area (TPSA) is 108 Å². The molecule has 1 saturated heterocycles. The summed E-state index contributed by atoms with van der Waals surface area (Å²) in [5, 5.41) is 3.07. The van der Waals surface area contributed by atoms with Crippen molar-refractivity contribution < 1.29 is 23.5 Å². The molecule has 1 aromatic heterocycles. The number of anilines is 1. The lowest BCUT2D eigenvalue weighted by Gasteiger charge is -2.35. The molecule has 1 aliphatic heterocycles. The molecule has 0 radical (unpaired) electrons. The van der Waals surface area contributed by atoms with E-state index in [9.17, 15) is 18.8 Å². The second-order valence-electron chi connectivity index (χ2n) is 8.30. The monoisotopic (exact) mass is 509 g/mol. The Morgan fingerprint density at radius 3 is 2.41 bits per heavy atom. The molecule has 1 aromatic carbocycles. The number of ether oxygens (including phenoxy) is 1. The maximum Gasteiger partial charge on any atom is 0.410 e. The fourth-order valence-corrected chi connectivity index (χ4v) is 3.37. The third-order valence-corrected chi connectivity index (χ3v) is 5.27. The first-order chi connectivity index (χ1) is 15.1. The third kappa shape index (κ3) is 5.84. The number of H-pyrrole nitrogens is 1. The highest BCUT2D eigenvalue weighted by molar-refractivity contribution is 9.08. The quantitative estimate of drug-likeness (QED) is 0.614. The Labute approximate surface area is 193 Å². The van der Waals surface area contributed by atoms with E-state index in [0.717, 1.165) is 11.8 Å². The number of aromatic amines is 1. The summed E-state index contributed by atoms with van der Waals surface area (Å²) in [6.45, 7) is 6.50. The number of nitrogens with one attached hydrogen (secondary N) is 2. The number of carbonyl (C=O) groups excluding carboxylic acids is 3. The van der Waals surface area contributed by atoms with Crippen molar-refractivity contribution in [3.05, 3.63) is 47.3 Å². The second kappa shape index (κ2) is 9.68. The fraction of sp³-hybridized carbons (Fsp3) is 0.429. The van der Waals surface area contributed by atoms with E-state index in [-0.39, 0.29) is 30.2 Å². The molecule has 172 valence electrons. The highest BCUT2D eigenvalue weighted by Crippen LogP contribution is 2.19. The lowest BCUT2D eigenvalue weighted by atomic mass is 10.1. The summed E-state index contributed by atoms with van der Waals surface area (Å²) in [5.74, 6) is -1.64. The summed E-state index contributed by atoms with van der Waals surface area (Å²) in [5.41, 5.74) is 0.232. The van der Waals surface area contributed by atoms with Gasteiger partial charge < -0.3 is 24.8 Å². The molecular weight excluding hydrogens is 485 g/mol. The zero-order chi connectivity index (χ0) is 23.5. The SMILES string of the molecule is CC(C)(C)OC(=O)N1CCN(C(=O)c2ccc(NC(=O)c3ncc(CBr)[nH]3)cc2F)CC1. The van der Waals surface area contributed by atoms with Crippen molar-refractivity contribution in [3.8, 4) is 0 Å². The number of imidazole rings is 1. The van der Waals surface area contributed by atoms with E-state index < -0.39 is 29.3 Å². The standard InChI is InChI=1S/C21H25BrFN5O4/c1-21(2,3)32-20(31)28-8-6-27(7-9-28)19(30)15-5-4-13(10-16(15)23)26-18(29)17-24-12-14(11-22)25-17/h4-5,10,12H,6-9,11H2,1-3H3,(H,24,25)(H,26,29). The van der Waals surface area contributed by atoms with Gasteiger partial charge in [0, 0.05) is 49.1 Å². The molecular formula is C21H25BrFN5O4. The maximum absolute atomic E-state index is 14.6. The lowest BCUT2D eigenvalue weighted by molar-refractivity contribution is 0.0140. The predicted octanol–water partition coefficient (Wildman–Crippen LogP) is 3.39. The number of piperazine rings is 1. The normalized spacial score (nSPS) is 14.3. The van der Waals surface area contributed by atoms with Crippen LogP contribution in [0, 0.1) is 5.82 Å². The highest BCUT2D eigenvalue weighted by atomic mass is 79.9. The van der Waals surface area contributed by atoms with E-state index >= 15 is 0 Å². The molecule has 0 spiro atoms. The van der Waals surface area contributed by atoms with Crippen LogP contribution in [-0.4, -0.2) is 69.5 Å². The van der Waals surface area contributed by atoms with Crippen LogP contribution in [0.15, 0.2) is 24.4 Å². The van der Waals surface area contributed by atoms with Gasteiger partial charge in [0.15, 0.2) is 5.82 Å². The van der Waals surface area contributed by atoms with Crippen molar-refractivity contribution in [1.29, 1.82) is 0 Å². The van der Waals surface area contributed by atoms with Crippen LogP contribution >= 0.6 is 15.9 Å². The van der Waals surface area contributed by atoms with Gasteiger partial charge >= 0.3 is 6.09 Å². The summed E-state index contributed by atoms with van der Waals surface area (Å²) >= 11 is 3.26. The number of halogens is 2. The van der Waals surface area contributed by atoms with Gasteiger partial charge in [-0.25, -0.2) is 14.2 Å². The Bertz CT molecular complexity index is 1010. The largest absolute Gasteiger partial charge is 0.444 e. The van der Waals surface area contributed by atoms with E-state index in [2.05, 4.69) is 31.2 Å².